The van der Waals surface area contributed by atoms with Gasteiger partial charge in [-0.3, -0.25) is 9.59 Å². The van der Waals surface area contributed by atoms with E-state index < -0.39 is 12.0 Å². The van der Waals surface area contributed by atoms with Crippen molar-refractivity contribution in [3.05, 3.63) is 59.7 Å². The van der Waals surface area contributed by atoms with Gasteiger partial charge in [0.2, 0.25) is 11.8 Å². The van der Waals surface area contributed by atoms with E-state index in [4.69, 9.17) is 4.74 Å². The number of fused-ring (bicyclic) bond motifs is 1. The lowest BCUT2D eigenvalue weighted by Gasteiger charge is -2.35. The molecule has 0 radical (unpaired) electrons. The molecule has 0 unspecified atom stereocenters. The first kappa shape index (κ1) is 19.9. The van der Waals surface area contributed by atoms with Gasteiger partial charge in [-0.2, -0.15) is 0 Å². The fraction of sp³-hybridized carbons (Fsp3) is 0.286. The van der Waals surface area contributed by atoms with E-state index in [0.717, 1.165) is 16.0 Å². The number of benzene rings is 2. The van der Waals surface area contributed by atoms with Crippen LogP contribution < -0.4 is 5.32 Å². The van der Waals surface area contributed by atoms with Crippen LogP contribution >= 0.6 is 11.8 Å². The maximum Gasteiger partial charge on any atom is 0.328 e. The maximum atomic E-state index is 12.9. The molecule has 0 spiro atoms. The van der Waals surface area contributed by atoms with Crippen LogP contribution in [0.5, 0.6) is 0 Å². The fourth-order valence-electron chi connectivity index (χ4n) is 3.20. The highest BCUT2D eigenvalue weighted by Gasteiger charge is 2.35. The average Bonchev–Trinajstić information content (AvgIpc) is 2.71. The Morgan fingerprint density at radius 3 is 2.43 bits per heavy atom. The van der Waals surface area contributed by atoms with Crippen LogP contribution in [0.3, 0.4) is 0 Å². The Labute approximate surface area is 168 Å². The molecule has 0 bridgehead atoms. The predicted octanol–water partition coefficient (Wildman–Crippen LogP) is 2.86. The van der Waals surface area contributed by atoms with Crippen molar-refractivity contribution in [2.75, 3.05) is 18.2 Å². The van der Waals surface area contributed by atoms with Crippen molar-refractivity contribution in [3.63, 3.8) is 0 Å². The molecular formula is C21H22N2O4S. The molecule has 2 aromatic rings. The van der Waals surface area contributed by atoms with Crippen LogP contribution in [0.1, 0.15) is 18.1 Å². The molecule has 2 aromatic carbocycles. The summed E-state index contributed by atoms with van der Waals surface area (Å²) in [4.78, 5) is 38.7. The van der Waals surface area contributed by atoms with Crippen LogP contribution in [0, 0.1) is 0 Å². The molecule has 1 atom stereocenters. The molecule has 0 aliphatic carbocycles. The minimum atomic E-state index is -0.602. The van der Waals surface area contributed by atoms with Crippen molar-refractivity contribution in [1.29, 1.82) is 0 Å². The van der Waals surface area contributed by atoms with Gasteiger partial charge in [-0.15, -0.1) is 11.8 Å². The first-order chi connectivity index (χ1) is 13.5. The number of nitrogens with one attached hydrogen (secondary N) is 1. The molecule has 0 saturated carbocycles. The van der Waals surface area contributed by atoms with Gasteiger partial charge in [-0.25, -0.2) is 4.79 Å². The number of ether oxygens (including phenoxy) is 1. The Hall–Kier alpha value is -2.80. The molecule has 1 aliphatic rings. The number of nitrogens with zero attached hydrogens (tertiary/aromatic N) is 1. The molecule has 28 heavy (non-hydrogen) atoms. The smallest absolute Gasteiger partial charge is 0.328 e. The Morgan fingerprint density at radius 1 is 1.11 bits per heavy atom. The molecule has 146 valence electrons. The lowest BCUT2D eigenvalue weighted by atomic mass is 9.94. The fourth-order valence-corrected chi connectivity index (χ4v) is 3.98. The first-order valence-electron chi connectivity index (χ1n) is 8.92. The van der Waals surface area contributed by atoms with Crippen molar-refractivity contribution >= 4 is 35.2 Å². The van der Waals surface area contributed by atoms with Crippen LogP contribution in [0.15, 0.2) is 53.4 Å². The van der Waals surface area contributed by atoms with Gasteiger partial charge in [0.25, 0.3) is 0 Å². The van der Waals surface area contributed by atoms with Crippen molar-refractivity contribution in [2.45, 2.75) is 30.8 Å². The minimum Gasteiger partial charge on any atom is -0.467 e. The molecule has 0 fully saturated rings. The van der Waals surface area contributed by atoms with Crippen LogP contribution in [-0.2, 0) is 32.1 Å². The van der Waals surface area contributed by atoms with E-state index in [1.54, 1.807) is 17.0 Å². The van der Waals surface area contributed by atoms with Gasteiger partial charge in [-0.05, 0) is 35.4 Å². The molecule has 1 heterocycles. The molecule has 1 aliphatic heterocycles. The third-order valence-corrected chi connectivity index (χ3v) is 5.58. The minimum absolute atomic E-state index is 0.110. The SMILES string of the molecule is COC(=O)[C@H]1Cc2ccccc2CN1C(=O)CSc1ccc(NC(C)=O)cc1. The number of hydrogen-bond donors (Lipinski definition) is 1. The number of rotatable bonds is 5. The highest BCUT2D eigenvalue weighted by molar-refractivity contribution is 8.00. The van der Waals surface area contributed by atoms with Crippen molar-refractivity contribution in [3.8, 4) is 0 Å². The second kappa shape index (κ2) is 8.93. The molecule has 0 saturated heterocycles. The van der Waals surface area contributed by atoms with Gasteiger partial charge in [0, 0.05) is 30.5 Å². The molecule has 6 nitrogen and oxygen atoms in total. The number of carbonyl (C=O) groups excluding carboxylic acids is 3. The second-order valence-electron chi connectivity index (χ2n) is 6.53. The number of methoxy groups -OCH3 is 1. The summed E-state index contributed by atoms with van der Waals surface area (Å²) in [6.07, 6.45) is 0.463. The summed E-state index contributed by atoms with van der Waals surface area (Å²) >= 11 is 1.40. The Kier molecular flexibility index (Phi) is 6.36. The summed E-state index contributed by atoms with van der Waals surface area (Å²) in [7, 11) is 1.34. The summed E-state index contributed by atoms with van der Waals surface area (Å²) < 4.78 is 4.92. The second-order valence-corrected chi connectivity index (χ2v) is 7.58. The topological polar surface area (TPSA) is 75.7 Å². The highest BCUT2D eigenvalue weighted by Crippen LogP contribution is 2.26. The van der Waals surface area contributed by atoms with Crippen LogP contribution in [0.25, 0.3) is 0 Å². The number of carbonyl (C=O) groups is 3. The zero-order valence-electron chi connectivity index (χ0n) is 15.8. The first-order valence-corrected chi connectivity index (χ1v) is 9.91. The summed E-state index contributed by atoms with van der Waals surface area (Å²) in [6.45, 7) is 1.85. The van der Waals surface area contributed by atoms with Gasteiger partial charge < -0.3 is 15.0 Å². The van der Waals surface area contributed by atoms with Crippen LogP contribution in [0.2, 0.25) is 0 Å². The largest absolute Gasteiger partial charge is 0.467 e. The van der Waals surface area contributed by atoms with Crippen LogP contribution in [0.4, 0.5) is 5.69 Å². The van der Waals surface area contributed by atoms with Gasteiger partial charge in [0.15, 0.2) is 0 Å². The number of esters is 1. The lowest BCUT2D eigenvalue weighted by Crippen LogP contribution is -2.49. The van der Waals surface area contributed by atoms with Gasteiger partial charge >= 0.3 is 5.97 Å². The zero-order valence-corrected chi connectivity index (χ0v) is 16.6. The molecule has 7 heteroatoms. The Morgan fingerprint density at radius 2 is 1.79 bits per heavy atom. The van der Waals surface area contributed by atoms with Crippen molar-refractivity contribution in [1.82, 2.24) is 4.90 Å². The Bertz CT molecular complexity index is 882. The Balaban J connectivity index is 1.68. The molecule has 2 amide bonds. The predicted molar refractivity (Wildman–Crippen MR) is 108 cm³/mol. The summed E-state index contributed by atoms with van der Waals surface area (Å²) in [6, 6.07) is 14.5. The van der Waals surface area contributed by atoms with E-state index >= 15 is 0 Å². The number of hydrogen-bond acceptors (Lipinski definition) is 5. The van der Waals surface area contributed by atoms with Gasteiger partial charge in [0.05, 0.1) is 12.9 Å². The number of thioether (sulfide) groups is 1. The van der Waals surface area contributed by atoms with E-state index in [-0.39, 0.29) is 17.6 Å². The van der Waals surface area contributed by atoms with E-state index in [9.17, 15) is 14.4 Å². The molecule has 3 rings (SSSR count). The van der Waals surface area contributed by atoms with E-state index in [2.05, 4.69) is 5.32 Å². The quantitative estimate of drug-likeness (QED) is 0.619. The van der Waals surface area contributed by atoms with Gasteiger partial charge in [-0.1, -0.05) is 24.3 Å². The van der Waals surface area contributed by atoms with Crippen molar-refractivity contribution < 1.29 is 19.1 Å². The molecule has 0 aromatic heterocycles. The number of amides is 2. The maximum absolute atomic E-state index is 12.9. The average molecular weight is 398 g/mol. The molecule has 1 N–H and O–H groups in total. The van der Waals surface area contributed by atoms with E-state index in [0.29, 0.717) is 18.7 Å². The van der Waals surface area contributed by atoms with E-state index in [1.165, 1.54) is 25.8 Å². The summed E-state index contributed by atoms with van der Waals surface area (Å²) in [5, 5.41) is 2.71. The lowest BCUT2D eigenvalue weighted by molar-refractivity contribution is -0.153. The van der Waals surface area contributed by atoms with E-state index in [1.807, 2.05) is 36.4 Å². The normalized spacial score (nSPS) is 15.5. The summed E-state index contributed by atoms with van der Waals surface area (Å²) in [5.74, 6) is -0.419. The monoisotopic (exact) mass is 398 g/mol. The number of anilines is 1. The third kappa shape index (κ3) is 4.72. The molecular weight excluding hydrogens is 376 g/mol. The zero-order chi connectivity index (χ0) is 20.1. The third-order valence-electron chi connectivity index (χ3n) is 4.58. The van der Waals surface area contributed by atoms with Crippen molar-refractivity contribution in [2.24, 2.45) is 0 Å². The standard InChI is InChI=1S/C21H22N2O4S/c1-14(24)22-17-7-9-18(10-8-17)28-13-20(25)23-12-16-6-4-3-5-15(16)11-19(23)21(26)27-2/h3-10,19H,11-13H2,1-2H3,(H,22,24)/t19-/m1/s1. The summed E-state index contributed by atoms with van der Waals surface area (Å²) in [5.41, 5.74) is 2.84. The van der Waals surface area contributed by atoms with Gasteiger partial charge in [0.1, 0.15) is 6.04 Å². The highest BCUT2D eigenvalue weighted by atomic mass is 32.2. The van der Waals surface area contributed by atoms with Crippen LogP contribution in [-0.4, -0.2) is 41.6 Å².